The number of carboxylic acids is 1. The maximum Gasteiger partial charge on any atom is 0.320 e. The number of rotatable bonds is 8. The standard InChI is InChI=1S/C11H22N2O2/c1-3-12-10(11(14)15)6-7-13(2)8-9-4-5-9/h9-10,12H,3-8H2,1-2H3,(H,14,15). The van der Waals surface area contributed by atoms with Gasteiger partial charge in [0.15, 0.2) is 0 Å². The first-order valence-electron chi connectivity index (χ1n) is 5.78. The Hall–Kier alpha value is -0.610. The van der Waals surface area contributed by atoms with Gasteiger partial charge in [-0.3, -0.25) is 4.79 Å². The molecule has 0 aliphatic heterocycles. The molecule has 0 spiro atoms. The normalized spacial score (nSPS) is 18.1. The summed E-state index contributed by atoms with van der Waals surface area (Å²) >= 11 is 0. The fourth-order valence-corrected chi connectivity index (χ4v) is 1.74. The van der Waals surface area contributed by atoms with E-state index in [2.05, 4.69) is 17.3 Å². The van der Waals surface area contributed by atoms with Crippen LogP contribution >= 0.6 is 0 Å². The summed E-state index contributed by atoms with van der Waals surface area (Å²) in [5.74, 6) is 0.133. The summed E-state index contributed by atoms with van der Waals surface area (Å²) < 4.78 is 0. The molecule has 1 atom stereocenters. The molecule has 1 aliphatic rings. The van der Waals surface area contributed by atoms with E-state index in [9.17, 15) is 4.79 Å². The van der Waals surface area contributed by atoms with Crippen molar-refractivity contribution in [2.45, 2.75) is 32.2 Å². The van der Waals surface area contributed by atoms with Gasteiger partial charge in [0.2, 0.25) is 0 Å². The van der Waals surface area contributed by atoms with Crippen molar-refractivity contribution in [1.29, 1.82) is 0 Å². The summed E-state index contributed by atoms with van der Waals surface area (Å²) in [4.78, 5) is 13.1. The largest absolute Gasteiger partial charge is 0.480 e. The SMILES string of the molecule is CCNC(CCN(C)CC1CC1)C(=O)O. The highest BCUT2D eigenvalue weighted by Crippen LogP contribution is 2.29. The van der Waals surface area contributed by atoms with Crippen molar-refractivity contribution in [2.75, 3.05) is 26.7 Å². The van der Waals surface area contributed by atoms with Crippen LogP contribution in [0.4, 0.5) is 0 Å². The zero-order valence-electron chi connectivity index (χ0n) is 9.70. The molecule has 4 heteroatoms. The number of aliphatic carboxylic acids is 1. The average Bonchev–Trinajstić information content (AvgIpc) is 2.95. The van der Waals surface area contributed by atoms with Crippen molar-refractivity contribution < 1.29 is 9.90 Å². The maximum atomic E-state index is 10.9. The van der Waals surface area contributed by atoms with Crippen molar-refractivity contribution in [1.82, 2.24) is 10.2 Å². The molecule has 88 valence electrons. The van der Waals surface area contributed by atoms with Gasteiger partial charge in [-0.25, -0.2) is 0 Å². The fourth-order valence-electron chi connectivity index (χ4n) is 1.74. The number of carbonyl (C=O) groups is 1. The minimum atomic E-state index is -0.739. The molecule has 0 aromatic heterocycles. The molecule has 1 unspecified atom stereocenters. The molecule has 0 aromatic carbocycles. The first-order chi connectivity index (χ1) is 7.13. The van der Waals surface area contributed by atoms with Crippen LogP contribution in [-0.2, 0) is 4.79 Å². The quantitative estimate of drug-likeness (QED) is 0.627. The number of nitrogens with one attached hydrogen (secondary N) is 1. The van der Waals surface area contributed by atoms with Gasteiger partial charge in [0, 0.05) is 6.54 Å². The molecule has 0 radical (unpaired) electrons. The van der Waals surface area contributed by atoms with E-state index >= 15 is 0 Å². The molecule has 0 saturated heterocycles. The lowest BCUT2D eigenvalue weighted by atomic mass is 10.2. The Kier molecular flexibility index (Phi) is 5.05. The Morgan fingerprint density at radius 1 is 1.60 bits per heavy atom. The van der Waals surface area contributed by atoms with Crippen LogP contribution in [0.1, 0.15) is 26.2 Å². The maximum absolute atomic E-state index is 10.9. The van der Waals surface area contributed by atoms with E-state index in [0.717, 1.165) is 19.0 Å². The van der Waals surface area contributed by atoms with Crippen molar-refractivity contribution in [2.24, 2.45) is 5.92 Å². The molecule has 1 aliphatic carbocycles. The molecule has 0 amide bonds. The third-order valence-corrected chi connectivity index (χ3v) is 2.81. The van der Waals surface area contributed by atoms with Gasteiger partial charge in [-0.15, -0.1) is 0 Å². The molecule has 0 bridgehead atoms. The monoisotopic (exact) mass is 214 g/mol. The van der Waals surface area contributed by atoms with Crippen LogP contribution in [0.15, 0.2) is 0 Å². The molecule has 1 saturated carbocycles. The van der Waals surface area contributed by atoms with E-state index in [-0.39, 0.29) is 0 Å². The number of hydrogen-bond acceptors (Lipinski definition) is 3. The van der Waals surface area contributed by atoms with Gasteiger partial charge in [-0.1, -0.05) is 6.92 Å². The molecule has 15 heavy (non-hydrogen) atoms. The second-order valence-corrected chi connectivity index (χ2v) is 4.44. The first-order valence-corrected chi connectivity index (χ1v) is 5.78. The second kappa shape index (κ2) is 6.08. The molecular formula is C11H22N2O2. The Bertz CT molecular complexity index is 205. The number of likely N-dealkylation sites (N-methyl/N-ethyl adjacent to an activating group) is 1. The summed E-state index contributed by atoms with van der Waals surface area (Å²) in [6.07, 6.45) is 3.38. The number of nitrogens with zero attached hydrogens (tertiary/aromatic N) is 1. The highest BCUT2D eigenvalue weighted by atomic mass is 16.4. The summed E-state index contributed by atoms with van der Waals surface area (Å²) in [5.41, 5.74) is 0. The van der Waals surface area contributed by atoms with Gasteiger partial charge in [0.1, 0.15) is 6.04 Å². The van der Waals surface area contributed by atoms with Crippen LogP contribution in [-0.4, -0.2) is 48.7 Å². The summed E-state index contributed by atoms with van der Waals surface area (Å²) in [6, 6.07) is -0.392. The Morgan fingerprint density at radius 2 is 2.27 bits per heavy atom. The van der Waals surface area contributed by atoms with Crippen LogP contribution in [0, 0.1) is 5.92 Å². The van der Waals surface area contributed by atoms with E-state index in [1.165, 1.54) is 12.8 Å². The molecule has 1 rings (SSSR count). The predicted molar refractivity (Wildman–Crippen MR) is 59.9 cm³/mol. The minimum absolute atomic E-state index is 0.392. The minimum Gasteiger partial charge on any atom is -0.480 e. The number of hydrogen-bond donors (Lipinski definition) is 2. The zero-order chi connectivity index (χ0) is 11.3. The van der Waals surface area contributed by atoms with Crippen LogP contribution in [0.5, 0.6) is 0 Å². The smallest absolute Gasteiger partial charge is 0.320 e. The topological polar surface area (TPSA) is 52.6 Å². The van der Waals surface area contributed by atoms with Gasteiger partial charge in [0.05, 0.1) is 0 Å². The second-order valence-electron chi connectivity index (χ2n) is 4.44. The lowest BCUT2D eigenvalue weighted by molar-refractivity contribution is -0.139. The van der Waals surface area contributed by atoms with E-state index in [1.54, 1.807) is 0 Å². The lowest BCUT2D eigenvalue weighted by Gasteiger charge is -2.19. The summed E-state index contributed by atoms with van der Waals surface area (Å²) in [5, 5.41) is 11.9. The van der Waals surface area contributed by atoms with Crippen molar-refractivity contribution in [3.8, 4) is 0 Å². The molecule has 4 nitrogen and oxygen atoms in total. The Balaban J connectivity index is 2.15. The predicted octanol–water partition coefficient (Wildman–Crippen LogP) is 0.781. The van der Waals surface area contributed by atoms with E-state index in [4.69, 9.17) is 5.11 Å². The summed E-state index contributed by atoms with van der Waals surface area (Å²) in [7, 11) is 2.07. The third kappa shape index (κ3) is 5.14. The van der Waals surface area contributed by atoms with Gasteiger partial charge < -0.3 is 15.3 Å². The average molecular weight is 214 g/mol. The van der Waals surface area contributed by atoms with Gasteiger partial charge in [-0.2, -0.15) is 0 Å². The van der Waals surface area contributed by atoms with Crippen LogP contribution < -0.4 is 5.32 Å². The lowest BCUT2D eigenvalue weighted by Crippen LogP contribution is -2.39. The fraction of sp³-hybridized carbons (Fsp3) is 0.909. The summed E-state index contributed by atoms with van der Waals surface area (Å²) in [6.45, 7) is 4.63. The van der Waals surface area contributed by atoms with E-state index in [1.807, 2.05) is 6.92 Å². The molecule has 1 fully saturated rings. The third-order valence-electron chi connectivity index (χ3n) is 2.81. The van der Waals surface area contributed by atoms with E-state index in [0.29, 0.717) is 13.0 Å². The Labute approximate surface area is 91.6 Å². The van der Waals surface area contributed by atoms with Gasteiger partial charge in [-0.05, 0) is 45.3 Å². The van der Waals surface area contributed by atoms with Crippen molar-refractivity contribution in [3.05, 3.63) is 0 Å². The molecule has 2 N–H and O–H groups in total. The highest BCUT2D eigenvalue weighted by molar-refractivity contribution is 5.73. The number of carboxylic acid groups (broad SMARTS) is 1. The van der Waals surface area contributed by atoms with Crippen LogP contribution in [0.2, 0.25) is 0 Å². The molecular weight excluding hydrogens is 192 g/mol. The zero-order valence-corrected chi connectivity index (χ0v) is 9.70. The van der Waals surface area contributed by atoms with Crippen LogP contribution in [0.3, 0.4) is 0 Å². The van der Waals surface area contributed by atoms with E-state index < -0.39 is 12.0 Å². The van der Waals surface area contributed by atoms with Crippen molar-refractivity contribution >= 4 is 5.97 Å². The van der Waals surface area contributed by atoms with Gasteiger partial charge >= 0.3 is 5.97 Å². The highest BCUT2D eigenvalue weighted by Gasteiger charge is 2.23. The first kappa shape index (κ1) is 12.5. The molecule has 0 heterocycles. The van der Waals surface area contributed by atoms with Crippen molar-refractivity contribution in [3.63, 3.8) is 0 Å². The van der Waals surface area contributed by atoms with Gasteiger partial charge in [0.25, 0.3) is 0 Å². The molecule has 0 aromatic rings. The van der Waals surface area contributed by atoms with Crippen LogP contribution in [0.25, 0.3) is 0 Å². The Morgan fingerprint density at radius 3 is 2.73 bits per heavy atom.